The van der Waals surface area contributed by atoms with E-state index in [0.717, 1.165) is 36.3 Å². The molecule has 2 atom stereocenters. The summed E-state index contributed by atoms with van der Waals surface area (Å²) in [7, 11) is 1.43. The third-order valence-electron chi connectivity index (χ3n) is 4.45. The Kier molecular flexibility index (Phi) is 5.75. The van der Waals surface area contributed by atoms with E-state index in [1.54, 1.807) is 0 Å². The number of benzene rings is 1. The van der Waals surface area contributed by atoms with Crippen molar-refractivity contribution in [2.45, 2.75) is 38.0 Å². The van der Waals surface area contributed by atoms with Crippen molar-refractivity contribution in [3.63, 3.8) is 0 Å². The van der Waals surface area contributed by atoms with E-state index < -0.39 is 0 Å². The van der Waals surface area contributed by atoms with Crippen LogP contribution in [0.1, 0.15) is 42.2 Å². The first-order valence-corrected chi connectivity index (χ1v) is 9.22. The lowest BCUT2D eigenvalue weighted by molar-refractivity contribution is -0.146. The number of hydrogen-bond acceptors (Lipinski definition) is 6. The number of carbonyl (C=O) groups is 2. The van der Waals surface area contributed by atoms with Crippen LogP contribution in [-0.4, -0.2) is 29.2 Å². The van der Waals surface area contributed by atoms with Gasteiger partial charge in [-0.2, -0.15) is 0 Å². The molecule has 1 aromatic heterocycles. The maximum absolute atomic E-state index is 12.1. The molecule has 1 aliphatic rings. The van der Waals surface area contributed by atoms with Crippen molar-refractivity contribution < 1.29 is 14.3 Å². The van der Waals surface area contributed by atoms with Gasteiger partial charge in [-0.15, -0.1) is 10.2 Å². The number of nitrogens with one attached hydrogen (secondary N) is 1. The Hall–Kier alpha value is -2.28. The van der Waals surface area contributed by atoms with Crippen LogP contribution in [0.2, 0.25) is 0 Å². The first-order valence-electron chi connectivity index (χ1n) is 8.40. The molecule has 1 heterocycles. The average Bonchev–Trinajstić information content (AvgIpc) is 3.10. The molecule has 1 saturated carbocycles. The number of carbonyl (C=O) groups excluding carboxylic acids is 2. The number of hydrogen-bond donors (Lipinski definition) is 1. The molecule has 0 aliphatic heterocycles. The molecular weight excluding hydrogens is 338 g/mol. The largest absolute Gasteiger partial charge is 0.469 e. The molecule has 7 heteroatoms. The van der Waals surface area contributed by atoms with Gasteiger partial charge in [0, 0.05) is 5.92 Å². The van der Waals surface area contributed by atoms with E-state index in [2.05, 4.69) is 15.5 Å². The minimum Gasteiger partial charge on any atom is -0.469 e. The van der Waals surface area contributed by atoms with Crippen LogP contribution in [0.3, 0.4) is 0 Å². The van der Waals surface area contributed by atoms with Crippen LogP contribution in [0.25, 0.3) is 0 Å². The number of esters is 1. The zero-order valence-corrected chi connectivity index (χ0v) is 14.9. The molecule has 1 amide bonds. The first kappa shape index (κ1) is 17.5. The van der Waals surface area contributed by atoms with Crippen LogP contribution in [-0.2, 0) is 20.7 Å². The van der Waals surface area contributed by atoms with Crippen molar-refractivity contribution in [1.29, 1.82) is 0 Å². The van der Waals surface area contributed by atoms with E-state index in [4.69, 9.17) is 4.74 Å². The third-order valence-corrected chi connectivity index (χ3v) is 5.45. The SMILES string of the molecule is COC(=O)[C@H]1CCC[C@H](c2nnc(NC(=O)Cc3ccccc3)s2)C1. The van der Waals surface area contributed by atoms with Crippen molar-refractivity contribution in [3.8, 4) is 0 Å². The van der Waals surface area contributed by atoms with Gasteiger partial charge in [0.15, 0.2) is 0 Å². The van der Waals surface area contributed by atoms with Crippen molar-refractivity contribution in [2.24, 2.45) is 5.92 Å². The van der Waals surface area contributed by atoms with Crippen molar-refractivity contribution in [2.75, 3.05) is 12.4 Å². The van der Waals surface area contributed by atoms with Gasteiger partial charge in [0.25, 0.3) is 0 Å². The number of ether oxygens (including phenoxy) is 1. The molecule has 1 fully saturated rings. The van der Waals surface area contributed by atoms with Gasteiger partial charge < -0.3 is 10.1 Å². The second kappa shape index (κ2) is 8.20. The number of amides is 1. The van der Waals surface area contributed by atoms with Crippen LogP contribution in [0.5, 0.6) is 0 Å². The van der Waals surface area contributed by atoms with Gasteiger partial charge in [-0.3, -0.25) is 9.59 Å². The van der Waals surface area contributed by atoms with Gasteiger partial charge in [0.2, 0.25) is 11.0 Å². The number of rotatable bonds is 5. The zero-order valence-electron chi connectivity index (χ0n) is 14.1. The Morgan fingerprint density at radius 3 is 2.80 bits per heavy atom. The zero-order chi connectivity index (χ0) is 17.6. The lowest BCUT2D eigenvalue weighted by Crippen LogP contribution is -2.23. The molecule has 25 heavy (non-hydrogen) atoms. The van der Waals surface area contributed by atoms with Crippen molar-refractivity contribution in [3.05, 3.63) is 40.9 Å². The molecule has 1 aromatic carbocycles. The second-order valence-electron chi connectivity index (χ2n) is 6.24. The quantitative estimate of drug-likeness (QED) is 0.829. The minimum atomic E-state index is -0.148. The molecule has 2 aromatic rings. The van der Waals surface area contributed by atoms with Gasteiger partial charge in [0.05, 0.1) is 19.4 Å². The highest BCUT2D eigenvalue weighted by molar-refractivity contribution is 7.15. The smallest absolute Gasteiger partial charge is 0.308 e. The third kappa shape index (κ3) is 4.63. The average molecular weight is 359 g/mol. The number of anilines is 1. The van der Waals surface area contributed by atoms with E-state index in [1.807, 2.05) is 30.3 Å². The van der Waals surface area contributed by atoms with Gasteiger partial charge in [-0.05, 0) is 24.8 Å². The van der Waals surface area contributed by atoms with Gasteiger partial charge >= 0.3 is 5.97 Å². The lowest BCUT2D eigenvalue weighted by Gasteiger charge is -2.25. The monoisotopic (exact) mass is 359 g/mol. The molecule has 0 unspecified atom stereocenters. The predicted molar refractivity (Wildman–Crippen MR) is 95.4 cm³/mol. The highest BCUT2D eigenvalue weighted by Crippen LogP contribution is 2.38. The Bertz CT molecular complexity index is 732. The van der Waals surface area contributed by atoms with Crippen molar-refractivity contribution >= 4 is 28.3 Å². The molecule has 0 radical (unpaired) electrons. The molecule has 0 bridgehead atoms. The van der Waals surface area contributed by atoms with E-state index in [1.165, 1.54) is 18.4 Å². The molecule has 0 saturated heterocycles. The second-order valence-corrected chi connectivity index (χ2v) is 7.25. The van der Waals surface area contributed by atoms with E-state index in [9.17, 15) is 9.59 Å². The standard InChI is InChI=1S/C18H21N3O3S/c1-24-17(23)14-9-5-8-13(11-14)16-20-21-18(25-16)19-15(22)10-12-6-3-2-4-7-12/h2-4,6-7,13-14H,5,8-11H2,1H3,(H,19,21,22)/t13-,14-/m0/s1. The van der Waals surface area contributed by atoms with Crippen LogP contribution in [0, 0.1) is 5.92 Å². The highest BCUT2D eigenvalue weighted by Gasteiger charge is 2.30. The maximum Gasteiger partial charge on any atom is 0.308 e. The van der Waals surface area contributed by atoms with Crippen LogP contribution in [0.4, 0.5) is 5.13 Å². The molecule has 132 valence electrons. The van der Waals surface area contributed by atoms with E-state index in [-0.39, 0.29) is 23.7 Å². The molecule has 6 nitrogen and oxygen atoms in total. The topological polar surface area (TPSA) is 81.2 Å². The van der Waals surface area contributed by atoms with Crippen LogP contribution < -0.4 is 5.32 Å². The summed E-state index contributed by atoms with van der Waals surface area (Å²) < 4.78 is 4.86. The molecule has 1 N–H and O–H groups in total. The summed E-state index contributed by atoms with van der Waals surface area (Å²) in [5.41, 5.74) is 0.956. The van der Waals surface area contributed by atoms with E-state index >= 15 is 0 Å². The lowest BCUT2D eigenvalue weighted by atomic mass is 9.82. The molecular formula is C18H21N3O3S. The Morgan fingerprint density at radius 2 is 2.04 bits per heavy atom. The fraction of sp³-hybridized carbons (Fsp3) is 0.444. The van der Waals surface area contributed by atoms with Gasteiger partial charge in [0.1, 0.15) is 5.01 Å². The molecule has 1 aliphatic carbocycles. The molecule has 0 spiro atoms. The summed E-state index contributed by atoms with van der Waals surface area (Å²) in [5.74, 6) is -0.116. The fourth-order valence-electron chi connectivity index (χ4n) is 3.19. The normalized spacial score (nSPS) is 20.0. The first-order chi connectivity index (χ1) is 12.2. The highest BCUT2D eigenvalue weighted by atomic mass is 32.1. The minimum absolute atomic E-state index is 0.0660. The van der Waals surface area contributed by atoms with Crippen LogP contribution >= 0.6 is 11.3 Å². The summed E-state index contributed by atoms with van der Waals surface area (Å²) in [6, 6.07) is 9.57. The number of aromatic nitrogens is 2. The number of methoxy groups -OCH3 is 1. The van der Waals surface area contributed by atoms with Crippen molar-refractivity contribution in [1.82, 2.24) is 10.2 Å². The fourth-order valence-corrected chi connectivity index (χ4v) is 4.10. The molecule has 3 rings (SSSR count). The summed E-state index contributed by atoms with van der Waals surface area (Å²) >= 11 is 1.39. The summed E-state index contributed by atoms with van der Waals surface area (Å²) in [4.78, 5) is 23.9. The predicted octanol–water partition coefficient (Wildman–Crippen LogP) is 3.17. The van der Waals surface area contributed by atoms with E-state index in [0.29, 0.717) is 11.6 Å². The maximum atomic E-state index is 12.1. The van der Waals surface area contributed by atoms with Gasteiger partial charge in [-0.1, -0.05) is 48.1 Å². The number of nitrogens with zero attached hydrogens (tertiary/aromatic N) is 2. The summed E-state index contributed by atoms with van der Waals surface area (Å²) in [6.45, 7) is 0. The Balaban J connectivity index is 1.58. The van der Waals surface area contributed by atoms with Crippen LogP contribution in [0.15, 0.2) is 30.3 Å². The Morgan fingerprint density at radius 1 is 1.24 bits per heavy atom. The summed E-state index contributed by atoms with van der Waals surface area (Å²) in [6.07, 6.45) is 3.87. The van der Waals surface area contributed by atoms with Gasteiger partial charge in [-0.25, -0.2) is 0 Å². The summed E-state index contributed by atoms with van der Waals surface area (Å²) in [5, 5.41) is 12.5. The Labute approximate surface area is 150 Å².